The van der Waals surface area contributed by atoms with Gasteiger partial charge in [0.1, 0.15) is 16.4 Å². The third kappa shape index (κ3) is 5.08. The molecule has 2 aromatic carbocycles. The zero-order valence-electron chi connectivity index (χ0n) is 16.9. The van der Waals surface area contributed by atoms with E-state index in [1.807, 2.05) is 0 Å². The van der Waals surface area contributed by atoms with Crippen molar-refractivity contribution >= 4 is 34.5 Å². The largest absolute Gasteiger partial charge is 0.506 e. The number of aliphatic imine (C=N–C) groups is 1. The van der Waals surface area contributed by atoms with E-state index >= 15 is 0 Å². The fourth-order valence-corrected chi connectivity index (χ4v) is 3.80. The molecule has 0 unspecified atom stereocenters. The first kappa shape index (κ1) is 23.3. The van der Waals surface area contributed by atoms with Gasteiger partial charge in [0, 0.05) is 0 Å². The molecule has 0 bridgehead atoms. The number of aliphatic hydroxyl groups excluding tert-OH is 1. The maximum atomic E-state index is 12.8. The fraction of sp³-hybridized carbons (Fsp3) is 0.182. The lowest BCUT2D eigenvalue weighted by Crippen LogP contribution is -2.12. The molecule has 6 nitrogen and oxygen atoms in total. The van der Waals surface area contributed by atoms with Gasteiger partial charge in [-0.2, -0.15) is 13.2 Å². The quantitative estimate of drug-likeness (QED) is 0.558. The number of hydrogen-bond donors (Lipinski definition) is 2. The van der Waals surface area contributed by atoms with Crippen molar-refractivity contribution in [2.24, 2.45) is 4.99 Å². The number of aromatic hydroxyl groups is 1. The van der Waals surface area contributed by atoms with Crippen LogP contribution in [0.2, 0.25) is 0 Å². The highest BCUT2D eigenvalue weighted by Crippen LogP contribution is 2.41. The Morgan fingerprint density at radius 1 is 1.16 bits per heavy atom. The first-order valence-corrected chi connectivity index (χ1v) is 10.1. The van der Waals surface area contributed by atoms with Crippen molar-refractivity contribution in [2.75, 3.05) is 13.7 Å². The molecule has 0 aromatic heterocycles. The number of nitrogens with zero attached hydrogens (tertiary/aromatic N) is 1. The van der Waals surface area contributed by atoms with Gasteiger partial charge in [0.15, 0.2) is 11.5 Å². The zero-order valence-corrected chi connectivity index (χ0v) is 17.8. The van der Waals surface area contributed by atoms with E-state index in [4.69, 9.17) is 9.47 Å². The van der Waals surface area contributed by atoms with Gasteiger partial charge >= 0.3 is 12.1 Å². The zero-order chi connectivity index (χ0) is 23.5. The van der Waals surface area contributed by atoms with E-state index in [0.717, 1.165) is 23.9 Å². The van der Waals surface area contributed by atoms with E-state index in [2.05, 4.69) is 4.99 Å². The molecule has 10 heteroatoms. The summed E-state index contributed by atoms with van der Waals surface area (Å²) in [6, 6.07) is 8.62. The Labute approximate surface area is 185 Å². The van der Waals surface area contributed by atoms with Crippen LogP contribution in [0.25, 0.3) is 6.08 Å². The first-order chi connectivity index (χ1) is 15.1. The van der Waals surface area contributed by atoms with Gasteiger partial charge in [-0.1, -0.05) is 17.8 Å². The molecular formula is C22H18F3NO5S. The number of benzene rings is 2. The van der Waals surface area contributed by atoms with E-state index in [1.165, 1.54) is 31.4 Å². The SMILES string of the molecule is CCOC(=O)C1=C(O)C(=Cc2ccc(O)c(OC)c2)SC1=Nc1ccc(C(F)(F)F)cc1. The number of rotatable bonds is 5. The van der Waals surface area contributed by atoms with Crippen LogP contribution < -0.4 is 4.74 Å². The van der Waals surface area contributed by atoms with Crippen LogP contribution in [0.5, 0.6) is 11.5 Å². The summed E-state index contributed by atoms with van der Waals surface area (Å²) in [4.78, 5) is 16.9. The van der Waals surface area contributed by atoms with Crippen molar-refractivity contribution in [1.82, 2.24) is 0 Å². The van der Waals surface area contributed by atoms with Crippen LogP contribution >= 0.6 is 11.8 Å². The number of esters is 1. The molecule has 0 aliphatic carbocycles. The number of alkyl halides is 3. The molecule has 0 fully saturated rings. The highest BCUT2D eigenvalue weighted by atomic mass is 32.2. The topological polar surface area (TPSA) is 88.4 Å². The second kappa shape index (κ2) is 9.39. The minimum absolute atomic E-state index is 0.0576. The van der Waals surface area contributed by atoms with Gasteiger partial charge in [-0.25, -0.2) is 9.79 Å². The predicted octanol–water partition coefficient (Wildman–Crippen LogP) is 5.61. The number of hydrogen-bond acceptors (Lipinski definition) is 7. The van der Waals surface area contributed by atoms with Crippen LogP contribution in [0.4, 0.5) is 18.9 Å². The molecule has 0 saturated carbocycles. The molecule has 0 saturated heterocycles. The van der Waals surface area contributed by atoms with Gasteiger partial charge in [-0.15, -0.1) is 0 Å². The minimum Gasteiger partial charge on any atom is -0.506 e. The molecule has 1 heterocycles. The predicted molar refractivity (Wildman–Crippen MR) is 115 cm³/mol. The average molecular weight is 465 g/mol. The first-order valence-electron chi connectivity index (χ1n) is 9.27. The molecule has 0 amide bonds. The van der Waals surface area contributed by atoms with Crippen molar-refractivity contribution in [3.63, 3.8) is 0 Å². The number of phenols is 1. The Kier molecular flexibility index (Phi) is 6.83. The molecule has 32 heavy (non-hydrogen) atoms. The molecule has 0 radical (unpaired) electrons. The van der Waals surface area contributed by atoms with Gasteiger partial charge in [-0.05, 0) is 55.0 Å². The van der Waals surface area contributed by atoms with E-state index in [-0.39, 0.29) is 45.1 Å². The summed E-state index contributed by atoms with van der Waals surface area (Å²) in [6.45, 7) is 1.66. The minimum atomic E-state index is -4.48. The fourth-order valence-electron chi connectivity index (χ4n) is 2.77. The summed E-state index contributed by atoms with van der Waals surface area (Å²) in [6.07, 6.45) is -2.93. The van der Waals surface area contributed by atoms with Crippen molar-refractivity contribution in [2.45, 2.75) is 13.1 Å². The van der Waals surface area contributed by atoms with E-state index < -0.39 is 17.7 Å². The van der Waals surface area contributed by atoms with Crippen molar-refractivity contribution < 1.29 is 37.7 Å². The lowest BCUT2D eigenvalue weighted by atomic mass is 10.1. The van der Waals surface area contributed by atoms with Crippen molar-refractivity contribution in [3.05, 3.63) is 69.8 Å². The van der Waals surface area contributed by atoms with E-state index in [9.17, 15) is 28.2 Å². The molecule has 2 aromatic rings. The van der Waals surface area contributed by atoms with Crippen LogP contribution in [0.15, 0.2) is 63.7 Å². The van der Waals surface area contributed by atoms with Crippen LogP contribution in [0, 0.1) is 0 Å². The Bertz CT molecular complexity index is 1120. The second-order valence-corrected chi connectivity index (χ2v) is 7.48. The molecule has 1 aliphatic rings. The maximum Gasteiger partial charge on any atom is 0.416 e. The van der Waals surface area contributed by atoms with Crippen molar-refractivity contribution in [1.29, 1.82) is 0 Å². The second-order valence-electron chi connectivity index (χ2n) is 6.45. The summed E-state index contributed by atoms with van der Waals surface area (Å²) in [5.74, 6) is -1.03. The molecule has 2 N–H and O–H groups in total. The van der Waals surface area contributed by atoms with Gasteiger partial charge in [0.25, 0.3) is 0 Å². The monoisotopic (exact) mass is 465 g/mol. The summed E-state index contributed by atoms with van der Waals surface area (Å²) in [7, 11) is 1.39. The standard InChI is InChI=1S/C22H18F3NO5S/c1-3-31-21(29)18-19(28)17(11-12-4-9-15(27)16(10-12)30-2)32-20(18)26-14-7-5-13(6-8-14)22(23,24)25/h4-11,27-28H,3H2,1-2H3. The molecule has 0 spiro atoms. The molecule has 1 aliphatic heterocycles. The third-order valence-corrected chi connectivity index (χ3v) is 5.32. The number of phenolic OH excluding ortho intramolecular Hbond substituents is 1. The number of carbonyl (C=O) groups excluding carboxylic acids is 1. The lowest BCUT2D eigenvalue weighted by Gasteiger charge is -2.07. The Morgan fingerprint density at radius 2 is 1.84 bits per heavy atom. The number of methoxy groups -OCH3 is 1. The van der Waals surface area contributed by atoms with Crippen LogP contribution in [0.1, 0.15) is 18.1 Å². The maximum absolute atomic E-state index is 12.8. The molecular weight excluding hydrogens is 447 g/mol. The Hall–Kier alpha value is -3.40. The normalized spacial score (nSPS) is 16.7. The lowest BCUT2D eigenvalue weighted by molar-refractivity contribution is -0.138. The van der Waals surface area contributed by atoms with E-state index in [0.29, 0.717) is 5.56 Å². The van der Waals surface area contributed by atoms with Gasteiger partial charge < -0.3 is 19.7 Å². The average Bonchev–Trinajstić information content (AvgIpc) is 3.04. The summed E-state index contributed by atoms with van der Waals surface area (Å²) in [5, 5.41) is 20.5. The van der Waals surface area contributed by atoms with Gasteiger partial charge in [0.2, 0.25) is 0 Å². The smallest absolute Gasteiger partial charge is 0.416 e. The number of halogens is 3. The van der Waals surface area contributed by atoms with Gasteiger partial charge in [0.05, 0.1) is 29.9 Å². The summed E-state index contributed by atoms with van der Waals surface area (Å²) < 4.78 is 48.4. The van der Waals surface area contributed by atoms with E-state index in [1.54, 1.807) is 19.1 Å². The van der Waals surface area contributed by atoms with Crippen LogP contribution in [-0.2, 0) is 15.7 Å². The highest BCUT2D eigenvalue weighted by molar-refractivity contribution is 8.18. The summed E-state index contributed by atoms with van der Waals surface area (Å²) in [5.41, 5.74) is -0.282. The molecule has 0 atom stereocenters. The Balaban J connectivity index is 2.01. The van der Waals surface area contributed by atoms with Crippen LogP contribution in [0.3, 0.4) is 0 Å². The number of aliphatic hydroxyl groups is 1. The number of thioether (sulfide) groups is 1. The highest BCUT2D eigenvalue weighted by Gasteiger charge is 2.34. The number of ether oxygens (including phenoxy) is 2. The van der Waals surface area contributed by atoms with Crippen LogP contribution in [-0.4, -0.2) is 34.9 Å². The van der Waals surface area contributed by atoms with Gasteiger partial charge in [-0.3, -0.25) is 0 Å². The molecule has 3 rings (SSSR count). The summed E-state index contributed by atoms with van der Waals surface area (Å²) >= 11 is 0.959. The van der Waals surface area contributed by atoms with Crippen molar-refractivity contribution in [3.8, 4) is 11.5 Å². The third-order valence-electron chi connectivity index (χ3n) is 4.30. The molecule has 168 valence electrons. The Morgan fingerprint density at radius 3 is 2.44 bits per heavy atom. The number of carbonyl (C=O) groups is 1.